The molecule has 0 bridgehead atoms. The first-order valence-electron chi connectivity index (χ1n) is 8.78. The fraction of sp³-hybridized carbons (Fsp3) is 0.368. The van der Waals surface area contributed by atoms with Gasteiger partial charge in [0.1, 0.15) is 10.8 Å². The van der Waals surface area contributed by atoms with Crippen LogP contribution < -0.4 is 5.32 Å². The number of nitrogens with zero attached hydrogens (tertiary/aromatic N) is 2. The van der Waals surface area contributed by atoms with E-state index in [0.717, 1.165) is 47.5 Å². The van der Waals surface area contributed by atoms with Gasteiger partial charge in [-0.15, -0.1) is 0 Å². The Morgan fingerprint density at radius 1 is 1.38 bits per heavy atom. The van der Waals surface area contributed by atoms with Crippen molar-refractivity contribution in [3.63, 3.8) is 0 Å². The lowest BCUT2D eigenvalue weighted by Gasteiger charge is -2.32. The van der Waals surface area contributed by atoms with E-state index >= 15 is 0 Å². The van der Waals surface area contributed by atoms with Crippen molar-refractivity contribution in [1.29, 1.82) is 0 Å². The average molecular weight is 372 g/mol. The number of H-pyrrole nitrogens is 1. The van der Waals surface area contributed by atoms with Crippen molar-refractivity contribution in [2.45, 2.75) is 25.7 Å². The number of hydrogen-bond acceptors (Lipinski definition) is 4. The number of anilines is 1. The van der Waals surface area contributed by atoms with Crippen LogP contribution >= 0.6 is 11.5 Å². The summed E-state index contributed by atoms with van der Waals surface area (Å²) in [5.74, 6) is 0.204. The van der Waals surface area contributed by atoms with Crippen LogP contribution in [0.1, 0.15) is 40.4 Å². The fourth-order valence-electron chi connectivity index (χ4n) is 3.80. The first-order chi connectivity index (χ1) is 12.6. The van der Waals surface area contributed by atoms with Gasteiger partial charge in [-0.3, -0.25) is 4.79 Å². The molecule has 1 aliphatic heterocycles. The van der Waals surface area contributed by atoms with E-state index in [9.17, 15) is 9.18 Å². The number of aromatic nitrogens is 2. The van der Waals surface area contributed by atoms with E-state index in [1.807, 2.05) is 31.1 Å². The molecule has 7 heteroatoms. The first kappa shape index (κ1) is 17.0. The third-order valence-electron chi connectivity index (χ3n) is 5.20. The number of hydrogen-bond donors (Lipinski definition) is 2. The molecule has 0 atom stereocenters. The maximum Gasteiger partial charge on any atom is 0.258 e. The standard InChI is InChI=1S/C19H21FN4OS/c1-11-17(18(21-2)26-23-11)19(25)24-7-5-12(6-8-24)15-10-22-16-9-13(20)3-4-14(15)16/h3-4,9-10,12,21-22H,5-8H2,1-2H3. The average Bonchev–Trinajstić information content (AvgIpc) is 3.24. The second-order valence-corrected chi connectivity index (χ2v) is 7.50. The van der Waals surface area contributed by atoms with Crippen LogP contribution in [0.25, 0.3) is 10.9 Å². The van der Waals surface area contributed by atoms with E-state index in [1.165, 1.54) is 29.2 Å². The summed E-state index contributed by atoms with van der Waals surface area (Å²) >= 11 is 1.33. The quantitative estimate of drug-likeness (QED) is 0.727. The number of rotatable bonds is 3. The number of amides is 1. The summed E-state index contributed by atoms with van der Waals surface area (Å²) in [5.41, 5.74) is 3.53. The third-order valence-corrected chi connectivity index (χ3v) is 6.16. The zero-order valence-corrected chi connectivity index (χ0v) is 15.6. The monoisotopic (exact) mass is 372 g/mol. The largest absolute Gasteiger partial charge is 0.378 e. The van der Waals surface area contributed by atoms with Gasteiger partial charge in [0.2, 0.25) is 0 Å². The molecule has 4 rings (SSSR count). The van der Waals surface area contributed by atoms with Gasteiger partial charge >= 0.3 is 0 Å². The van der Waals surface area contributed by atoms with Gasteiger partial charge in [-0.1, -0.05) is 0 Å². The van der Waals surface area contributed by atoms with Gasteiger partial charge in [0.05, 0.1) is 11.3 Å². The molecular formula is C19H21FN4OS. The number of piperidine rings is 1. The van der Waals surface area contributed by atoms with Crippen LogP contribution in [0, 0.1) is 12.7 Å². The molecule has 0 saturated carbocycles. The van der Waals surface area contributed by atoms with Crippen LogP contribution in [0.2, 0.25) is 0 Å². The fourth-order valence-corrected chi connectivity index (χ4v) is 4.54. The molecule has 0 radical (unpaired) electrons. The molecule has 1 fully saturated rings. The molecule has 136 valence electrons. The highest BCUT2D eigenvalue weighted by molar-refractivity contribution is 7.10. The summed E-state index contributed by atoms with van der Waals surface area (Å²) in [5, 5.41) is 4.97. The van der Waals surface area contributed by atoms with Gasteiger partial charge in [0, 0.05) is 37.2 Å². The predicted molar refractivity (Wildman–Crippen MR) is 103 cm³/mol. The number of likely N-dealkylation sites (tertiary alicyclic amines) is 1. The summed E-state index contributed by atoms with van der Waals surface area (Å²) in [7, 11) is 1.82. The van der Waals surface area contributed by atoms with Crippen LogP contribution in [0.3, 0.4) is 0 Å². The minimum absolute atomic E-state index is 0.0556. The van der Waals surface area contributed by atoms with Gasteiger partial charge in [-0.25, -0.2) is 4.39 Å². The van der Waals surface area contributed by atoms with Crippen LogP contribution in [0.4, 0.5) is 9.39 Å². The van der Waals surface area contributed by atoms with E-state index in [2.05, 4.69) is 14.7 Å². The van der Waals surface area contributed by atoms with E-state index in [4.69, 9.17) is 0 Å². The maximum absolute atomic E-state index is 13.4. The molecule has 2 aromatic heterocycles. The van der Waals surface area contributed by atoms with Gasteiger partial charge < -0.3 is 15.2 Å². The Bertz CT molecular complexity index is 956. The summed E-state index contributed by atoms with van der Waals surface area (Å²) in [6.07, 6.45) is 3.79. The van der Waals surface area contributed by atoms with E-state index < -0.39 is 0 Å². The van der Waals surface area contributed by atoms with Crippen LogP contribution in [0.15, 0.2) is 24.4 Å². The number of carbonyl (C=O) groups excluding carboxylic acids is 1. The maximum atomic E-state index is 13.4. The zero-order valence-electron chi connectivity index (χ0n) is 14.8. The van der Waals surface area contributed by atoms with Crippen molar-refractivity contribution >= 4 is 33.3 Å². The number of benzene rings is 1. The smallest absolute Gasteiger partial charge is 0.258 e. The van der Waals surface area contributed by atoms with Gasteiger partial charge in [-0.2, -0.15) is 4.37 Å². The molecule has 1 saturated heterocycles. The van der Waals surface area contributed by atoms with Crippen molar-refractivity contribution in [3.05, 3.63) is 47.0 Å². The molecule has 1 amide bonds. The van der Waals surface area contributed by atoms with Crippen molar-refractivity contribution in [3.8, 4) is 0 Å². The Hall–Kier alpha value is -2.41. The Balaban J connectivity index is 1.50. The number of nitrogens with one attached hydrogen (secondary N) is 2. The van der Waals surface area contributed by atoms with E-state index in [0.29, 0.717) is 11.5 Å². The molecule has 26 heavy (non-hydrogen) atoms. The highest BCUT2D eigenvalue weighted by Crippen LogP contribution is 2.34. The number of halogens is 1. The molecule has 0 spiro atoms. The predicted octanol–water partition coefficient (Wildman–Crippen LogP) is 4.13. The SMILES string of the molecule is CNc1snc(C)c1C(=O)N1CCC(c2c[nH]c3cc(F)ccc23)CC1. The van der Waals surface area contributed by atoms with Crippen molar-refractivity contribution < 1.29 is 9.18 Å². The van der Waals surface area contributed by atoms with E-state index in [1.54, 1.807) is 0 Å². The number of aromatic amines is 1. The summed E-state index contributed by atoms with van der Waals surface area (Å²) < 4.78 is 17.7. The lowest BCUT2D eigenvalue weighted by molar-refractivity contribution is 0.0714. The van der Waals surface area contributed by atoms with Crippen molar-refractivity contribution in [2.75, 3.05) is 25.5 Å². The summed E-state index contributed by atoms with van der Waals surface area (Å²) in [4.78, 5) is 18.0. The molecular weight excluding hydrogens is 351 g/mol. The Labute approximate surface area is 155 Å². The van der Waals surface area contributed by atoms with Crippen molar-refractivity contribution in [1.82, 2.24) is 14.3 Å². The Morgan fingerprint density at radius 2 is 2.15 bits per heavy atom. The minimum Gasteiger partial charge on any atom is -0.378 e. The number of aryl methyl sites for hydroxylation is 1. The molecule has 0 aliphatic carbocycles. The van der Waals surface area contributed by atoms with Crippen LogP contribution in [-0.2, 0) is 0 Å². The second kappa shape index (κ2) is 6.72. The first-order valence-corrected chi connectivity index (χ1v) is 9.55. The highest BCUT2D eigenvalue weighted by atomic mass is 32.1. The van der Waals surface area contributed by atoms with Crippen LogP contribution in [-0.4, -0.2) is 40.3 Å². The topological polar surface area (TPSA) is 61.0 Å². The van der Waals surface area contributed by atoms with Crippen molar-refractivity contribution in [2.24, 2.45) is 0 Å². The molecule has 3 heterocycles. The highest BCUT2D eigenvalue weighted by Gasteiger charge is 2.29. The number of carbonyl (C=O) groups is 1. The lowest BCUT2D eigenvalue weighted by Crippen LogP contribution is -2.38. The molecule has 0 unspecified atom stereocenters. The van der Waals surface area contributed by atoms with Gasteiger partial charge in [-0.05, 0) is 61.0 Å². The second-order valence-electron chi connectivity index (χ2n) is 6.72. The molecule has 1 aliphatic rings. The van der Waals surface area contributed by atoms with Gasteiger partial charge in [0.15, 0.2) is 0 Å². The van der Waals surface area contributed by atoms with E-state index in [-0.39, 0.29) is 11.7 Å². The van der Waals surface area contributed by atoms with Gasteiger partial charge in [0.25, 0.3) is 5.91 Å². The summed E-state index contributed by atoms with van der Waals surface area (Å²) in [6.45, 7) is 3.31. The third kappa shape index (κ3) is 2.86. The lowest BCUT2D eigenvalue weighted by atomic mass is 9.89. The zero-order chi connectivity index (χ0) is 18.3. The molecule has 1 aromatic carbocycles. The summed E-state index contributed by atoms with van der Waals surface area (Å²) in [6, 6.07) is 4.88. The number of fused-ring (bicyclic) bond motifs is 1. The van der Waals surface area contributed by atoms with Crippen LogP contribution in [0.5, 0.6) is 0 Å². The molecule has 5 nitrogen and oxygen atoms in total. The molecule has 3 aromatic rings. The minimum atomic E-state index is -0.230. The normalized spacial score (nSPS) is 15.6. The molecule has 2 N–H and O–H groups in total. The Kier molecular flexibility index (Phi) is 4.40. The Morgan fingerprint density at radius 3 is 2.88 bits per heavy atom.